The molecule has 0 aliphatic carbocycles. The summed E-state index contributed by atoms with van der Waals surface area (Å²) >= 11 is 3.53. The zero-order chi connectivity index (χ0) is 14.5. The summed E-state index contributed by atoms with van der Waals surface area (Å²) in [6.07, 6.45) is 1.82. The van der Waals surface area contributed by atoms with Gasteiger partial charge < -0.3 is 10.4 Å². The monoisotopic (exact) mass is 327 g/mol. The summed E-state index contributed by atoms with van der Waals surface area (Å²) in [7, 11) is 0. The molecule has 2 N–H and O–H groups in total. The van der Waals surface area contributed by atoms with Gasteiger partial charge in [-0.15, -0.1) is 0 Å². The zero-order valence-corrected chi connectivity index (χ0v) is 14.0. The molecule has 0 spiro atoms. The molecule has 2 nitrogen and oxygen atoms in total. The summed E-state index contributed by atoms with van der Waals surface area (Å²) in [6, 6.07) is 9.08. The predicted molar refractivity (Wildman–Crippen MR) is 85.3 cm³/mol. The molecule has 0 amide bonds. The van der Waals surface area contributed by atoms with Crippen molar-refractivity contribution in [3.63, 3.8) is 0 Å². The largest absolute Gasteiger partial charge is 0.396 e. The molecule has 0 aromatic heterocycles. The van der Waals surface area contributed by atoms with Crippen LogP contribution < -0.4 is 5.32 Å². The Labute approximate surface area is 125 Å². The Morgan fingerprint density at radius 1 is 1.32 bits per heavy atom. The highest BCUT2D eigenvalue weighted by Gasteiger charge is 2.26. The lowest BCUT2D eigenvalue weighted by atomic mass is 9.84. The molecule has 0 radical (unpaired) electrons. The van der Waals surface area contributed by atoms with Crippen molar-refractivity contribution in [3.05, 3.63) is 34.3 Å². The van der Waals surface area contributed by atoms with E-state index in [2.05, 4.69) is 67.1 Å². The van der Waals surface area contributed by atoms with Gasteiger partial charge in [-0.3, -0.25) is 0 Å². The van der Waals surface area contributed by atoms with Gasteiger partial charge in [0.2, 0.25) is 0 Å². The van der Waals surface area contributed by atoms with Crippen LogP contribution in [0, 0.1) is 5.41 Å². The molecular weight excluding hydrogens is 302 g/mol. The zero-order valence-electron chi connectivity index (χ0n) is 12.4. The second-order valence-electron chi connectivity index (χ2n) is 6.11. The SMILES string of the molecule is CCC(NC(CCO)C(C)(C)C)c1cccc(Br)c1. The van der Waals surface area contributed by atoms with Crippen molar-refractivity contribution in [3.8, 4) is 0 Å². The number of hydrogen-bond acceptors (Lipinski definition) is 2. The van der Waals surface area contributed by atoms with Crippen LogP contribution in [0.25, 0.3) is 0 Å². The fourth-order valence-corrected chi connectivity index (χ4v) is 2.73. The average Bonchev–Trinajstić information content (AvgIpc) is 2.33. The highest BCUT2D eigenvalue weighted by molar-refractivity contribution is 9.10. The maximum absolute atomic E-state index is 9.25. The minimum atomic E-state index is 0.141. The Bertz CT molecular complexity index is 387. The van der Waals surface area contributed by atoms with Crippen LogP contribution in [-0.2, 0) is 0 Å². The molecule has 2 unspecified atom stereocenters. The van der Waals surface area contributed by atoms with Crippen molar-refractivity contribution in [2.75, 3.05) is 6.61 Å². The van der Waals surface area contributed by atoms with Gasteiger partial charge in [-0.25, -0.2) is 0 Å². The van der Waals surface area contributed by atoms with Crippen LogP contribution in [0.3, 0.4) is 0 Å². The van der Waals surface area contributed by atoms with Gasteiger partial charge in [0, 0.05) is 23.2 Å². The first-order valence-corrected chi connectivity index (χ1v) is 7.80. The molecule has 0 fully saturated rings. The van der Waals surface area contributed by atoms with Crippen LogP contribution in [0.5, 0.6) is 0 Å². The minimum absolute atomic E-state index is 0.141. The van der Waals surface area contributed by atoms with E-state index in [0.717, 1.165) is 17.3 Å². The number of rotatable bonds is 6. The van der Waals surface area contributed by atoms with Crippen molar-refractivity contribution in [2.45, 2.75) is 52.6 Å². The molecule has 108 valence electrons. The van der Waals surface area contributed by atoms with Gasteiger partial charge in [0.1, 0.15) is 0 Å². The van der Waals surface area contributed by atoms with E-state index in [1.807, 2.05) is 6.07 Å². The highest BCUT2D eigenvalue weighted by atomic mass is 79.9. The number of nitrogens with one attached hydrogen (secondary N) is 1. The standard InChI is InChI=1S/C16H26BrNO/c1-5-14(12-7-6-8-13(17)11-12)18-15(9-10-19)16(2,3)4/h6-8,11,14-15,18-19H,5,9-10H2,1-4H3. The Morgan fingerprint density at radius 2 is 2.00 bits per heavy atom. The van der Waals surface area contributed by atoms with Gasteiger partial charge in [-0.05, 0) is 36.0 Å². The van der Waals surface area contributed by atoms with E-state index in [1.165, 1.54) is 5.56 Å². The molecule has 0 aliphatic rings. The molecule has 3 heteroatoms. The van der Waals surface area contributed by atoms with Crippen LogP contribution in [-0.4, -0.2) is 17.8 Å². The summed E-state index contributed by atoms with van der Waals surface area (Å²) in [4.78, 5) is 0. The predicted octanol–water partition coefficient (Wildman–Crippen LogP) is 4.29. The van der Waals surface area contributed by atoms with Crippen LogP contribution in [0.1, 0.15) is 52.1 Å². The number of aliphatic hydroxyl groups is 1. The van der Waals surface area contributed by atoms with Crippen LogP contribution in [0.4, 0.5) is 0 Å². The van der Waals surface area contributed by atoms with E-state index in [-0.39, 0.29) is 12.0 Å². The molecular formula is C16H26BrNO. The maximum Gasteiger partial charge on any atom is 0.0446 e. The van der Waals surface area contributed by atoms with Gasteiger partial charge in [0.25, 0.3) is 0 Å². The molecule has 19 heavy (non-hydrogen) atoms. The lowest BCUT2D eigenvalue weighted by molar-refractivity contribution is 0.184. The molecule has 0 bridgehead atoms. The summed E-state index contributed by atoms with van der Waals surface area (Å²) in [5, 5.41) is 13.0. The van der Waals surface area contributed by atoms with E-state index in [1.54, 1.807) is 0 Å². The van der Waals surface area contributed by atoms with E-state index in [0.29, 0.717) is 12.1 Å². The lowest BCUT2D eigenvalue weighted by Crippen LogP contribution is -2.42. The Kier molecular flexibility index (Phi) is 6.51. The van der Waals surface area contributed by atoms with E-state index in [4.69, 9.17) is 0 Å². The average molecular weight is 328 g/mol. The summed E-state index contributed by atoms with van der Waals surface area (Å²) < 4.78 is 1.11. The van der Waals surface area contributed by atoms with Crippen molar-refractivity contribution in [1.82, 2.24) is 5.32 Å². The number of hydrogen-bond donors (Lipinski definition) is 2. The molecule has 1 aromatic rings. The fraction of sp³-hybridized carbons (Fsp3) is 0.625. The fourth-order valence-electron chi connectivity index (χ4n) is 2.31. The minimum Gasteiger partial charge on any atom is -0.396 e. The summed E-state index contributed by atoms with van der Waals surface area (Å²) in [5.41, 5.74) is 1.44. The first-order chi connectivity index (χ1) is 8.88. The number of benzene rings is 1. The molecule has 0 saturated heterocycles. The lowest BCUT2D eigenvalue weighted by Gasteiger charge is -2.35. The quantitative estimate of drug-likeness (QED) is 0.817. The maximum atomic E-state index is 9.25. The van der Waals surface area contributed by atoms with Crippen molar-refractivity contribution in [1.29, 1.82) is 0 Å². The van der Waals surface area contributed by atoms with Crippen molar-refractivity contribution >= 4 is 15.9 Å². The van der Waals surface area contributed by atoms with Crippen LogP contribution >= 0.6 is 15.9 Å². The Balaban J connectivity index is 2.85. The second-order valence-corrected chi connectivity index (χ2v) is 7.03. The van der Waals surface area contributed by atoms with Gasteiger partial charge in [-0.1, -0.05) is 55.8 Å². The molecule has 1 rings (SSSR count). The third-order valence-electron chi connectivity index (χ3n) is 3.52. The second kappa shape index (κ2) is 7.41. The van der Waals surface area contributed by atoms with E-state index in [9.17, 15) is 5.11 Å². The Hall–Kier alpha value is -0.380. The summed E-state index contributed by atoms with van der Waals surface area (Å²) in [5.74, 6) is 0. The highest BCUT2D eigenvalue weighted by Crippen LogP contribution is 2.27. The van der Waals surface area contributed by atoms with Gasteiger partial charge in [0.05, 0.1) is 0 Å². The van der Waals surface area contributed by atoms with Crippen LogP contribution in [0.15, 0.2) is 28.7 Å². The van der Waals surface area contributed by atoms with Gasteiger partial charge in [-0.2, -0.15) is 0 Å². The van der Waals surface area contributed by atoms with Gasteiger partial charge in [0.15, 0.2) is 0 Å². The summed E-state index contributed by atoms with van der Waals surface area (Å²) in [6.45, 7) is 9.07. The van der Waals surface area contributed by atoms with Crippen molar-refractivity contribution in [2.24, 2.45) is 5.41 Å². The molecule has 0 heterocycles. The topological polar surface area (TPSA) is 32.3 Å². The van der Waals surface area contributed by atoms with E-state index < -0.39 is 0 Å². The molecule has 1 aromatic carbocycles. The third kappa shape index (κ3) is 5.25. The first-order valence-electron chi connectivity index (χ1n) is 7.00. The first kappa shape index (κ1) is 16.7. The Morgan fingerprint density at radius 3 is 2.47 bits per heavy atom. The third-order valence-corrected chi connectivity index (χ3v) is 4.02. The smallest absolute Gasteiger partial charge is 0.0446 e. The van der Waals surface area contributed by atoms with Gasteiger partial charge >= 0.3 is 0 Å². The van der Waals surface area contributed by atoms with Crippen molar-refractivity contribution < 1.29 is 5.11 Å². The van der Waals surface area contributed by atoms with Crippen LogP contribution in [0.2, 0.25) is 0 Å². The number of aliphatic hydroxyl groups excluding tert-OH is 1. The molecule has 0 aliphatic heterocycles. The molecule has 0 saturated carbocycles. The normalized spacial score (nSPS) is 15.3. The number of halogens is 1. The molecule has 2 atom stereocenters. The van der Waals surface area contributed by atoms with E-state index >= 15 is 0 Å².